The van der Waals surface area contributed by atoms with Crippen molar-refractivity contribution in [2.75, 3.05) is 40.0 Å². The van der Waals surface area contributed by atoms with Crippen molar-refractivity contribution in [3.05, 3.63) is 0 Å². The zero-order chi connectivity index (χ0) is 11.1. The third-order valence-electron chi connectivity index (χ3n) is 2.65. The Morgan fingerprint density at radius 1 is 1.67 bits per heavy atom. The Morgan fingerprint density at radius 3 is 3.13 bits per heavy atom. The zero-order valence-corrected chi connectivity index (χ0v) is 9.24. The van der Waals surface area contributed by atoms with Crippen LogP contribution in [-0.2, 0) is 4.74 Å². The number of carbonyl (C=O) groups excluding carboxylic acids is 1. The molecule has 0 spiro atoms. The second kappa shape index (κ2) is 6.63. The molecule has 0 bridgehead atoms. The van der Waals surface area contributed by atoms with Crippen LogP contribution in [0.5, 0.6) is 0 Å². The number of likely N-dealkylation sites (tertiary alicyclic amines) is 1. The minimum absolute atomic E-state index is 0.0507. The van der Waals surface area contributed by atoms with Gasteiger partial charge in [-0.15, -0.1) is 0 Å². The normalized spacial score (nSPS) is 21.5. The number of hydrogen-bond acceptors (Lipinski definition) is 3. The number of piperidine rings is 1. The molecule has 0 aromatic heterocycles. The second-order valence-corrected chi connectivity index (χ2v) is 3.86. The molecule has 0 aromatic rings. The lowest BCUT2D eigenvalue weighted by Crippen LogP contribution is -2.46. The number of aliphatic hydroxyl groups is 1. The summed E-state index contributed by atoms with van der Waals surface area (Å²) in [7, 11) is 1.61. The summed E-state index contributed by atoms with van der Waals surface area (Å²) in [6, 6.07) is -0.0507. The second-order valence-electron chi connectivity index (χ2n) is 3.86. The van der Waals surface area contributed by atoms with E-state index in [2.05, 4.69) is 5.32 Å². The maximum atomic E-state index is 11.6. The van der Waals surface area contributed by atoms with Crippen molar-refractivity contribution in [1.29, 1.82) is 0 Å². The Labute approximate surface area is 90.4 Å². The van der Waals surface area contributed by atoms with Crippen LogP contribution < -0.4 is 5.32 Å². The van der Waals surface area contributed by atoms with E-state index in [-0.39, 0.29) is 18.6 Å². The van der Waals surface area contributed by atoms with Gasteiger partial charge >= 0.3 is 6.03 Å². The van der Waals surface area contributed by atoms with Gasteiger partial charge in [-0.1, -0.05) is 0 Å². The highest BCUT2D eigenvalue weighted by atomic mass is 16.5. The first-order chi connectivity index (χ1) is 7.27. The molecule has 1 aliphatic rings. The summed E-state index contributed by atoms with van der Waals surface area (Å²) in [5, 5.41) is 11.8. The van der Waals surface area contributed by atoms with Crippen LogP contribution in [-0.4, -0.2) is 56.0 Å². The number of methoxy groups -OCH3 is 1. The Hall–Kier alpha value is -0.810. The van der Waals surface area contributed by atoms with Crippen molar-refractivity contribution in [1.82, 2.24) is 10.2 Å². The lowest BCUT2D eigenvalue weighted by molar-refractivity contribution is 0.127. The number of amides is 2. The molecule has 1 saturated heterocycles. The van der Waals surface area contributed by atoms with E-state index in [9.17, 15) is 4.79 Å². The average Bonchev–Trinajstić information content (AvgIpc) is 2.29. The Morgan fingerprint density at radius 2 is 2.47 bits per heavy atom. The Kier molecular flexibility index (Phi) is 5.42. The van der Waals surface area contributed by atoms with Gasteiger partial charge in [-0.05, 0) is 18.8 Å². The molecule has 1 rings (SSSR count). The molecule has 0 radical (unpaired) electrons. The minimum atomic E-state index is -0.0507. The molecule has 0 saturated carbocycles. The van der Waals surface area contributed by atoms with Crippen molar-refractivity contribution < 1.29 is 14.6 Å². The molecule has 2 amide bonds. The predicted molar refractivity (Wildman–Crippen MR) is 56.7 cm³/mol. The monoisotopic (exact) mass is 216 g/mol. The fourth-order valence-electron chi connectivity index (χ4n) is 1.77. The van der Waals surface area contributed by atoms with E-state index in [0.29, 0.717) is 19.7 Å². The molecule has 88 valence electrons. The van der Waals surface area contributed by atoms with Crippen molar-refractivity contribution in [3.63, 3.8) is 0 Å². The summed E-state index contributed by atoms with van der Waals surface area (Å²) in [6.07, 6.45) is 1.99. The molecule has 1 unspecified atom stereocenters. The quantitative estimate of drug-likeness (QED) is 0.653. The molecule has 1 heterocycles. The number of nitrogens with zero attached hydrogens (tertiary/aromatic N) is 1. The topological polar surface area (TPSA) is 61.8 Å². The Balaban J connectivity index is 2.25. The number of ether oxygens (including phenoxy) is 1. The summed E-state index contributed by atoms with van der Waals surface area (Å²) in [5.74, 6) is 0.243. The van der Waals surface area contributed by atoms with Gasteiger partial charge in [0.2, 0.25) is 0 Å². The van der Waals surface area contributed by atoms with Crippen LogP contribution in [0, 0.1) is 5.92 Å². The van der Waals surface area contributed by atoms with Gasteiger partial charge in [0, 0.05) is 33.4 Å². The van der Waals surface area contributed by atoms with Crippen LogP contribution in [0.2, 0.25) is 0 Å². The summed E-state index contributed by atoms with van der Waals surface area (Å²) in [5.41, 5.74) is 0. The van der Waals surface area contributed by atoms with E-state index in [1.165, 1.54) is 0 Å². The van der Waals surface area contributed by atoms with Crippen molar-refractivity contribution in [3.8, 4) is 0 Å². The van der Waals surface area contributed by atoms with Gasteiger partial charge in [-0.3, -0.25) is 0 Å². The third kappa shape index (κ3) is 4.05. The zero-order valence-electron chi connectivity index (χ0n) is 9.24. The van der Waals surface area contributed by atoms with E-state index in [0.717, 1.165) is 19.4 Å². The van der Waals surface area contributed by atoms with Crippen molar-refractivity contribution in [2.24, 2.45) is 5.92 Å². The van der Waals surface area contributed by atoms with E-state index in [4.69, 9.17) is 9.84 Å². The fraction of sp³-hybridized carbons (Fsp3) is 0.900. The van der Waals surface area contributed by atoms with Crippen molar-refractivity contribution in [2.45, 2.75) is 12.8 Å². The fourth-order valence-corrected chi connectivity index (χ4v) is 1.77. The number of aliphatic hydroxyl groups excluding tert-OH is 1. The summed E-state index contributed by atoms with van der Waals surface area (Å²) >= 11 is 0. The van der Waals surface area contributed by atoms with Gasteiger partial charge in [-0.25, -0.2) is 4.79 Å². The number of carbonyl (C=O) groups is 1. The van der Waals surface area contributed by atoms with E-state index in [1.807, 2.05) is 0 Å². The summed E-state index contributed by atoms with van der Waals surface area (Å²) in [6.45, 7) is 2.69. The Bertz CT molecular complexity index is 199. The van der Waals surface area contributed by atoms with Gasteiger partial charge < -0.3 is 20.1 Å². The van der Waals surface area contributed by atoms with Gasteiger partial charge in [0.05, 0.1) is 6.61 Å². The van der Waals surface area contributed by atoms with Crippen LogP contribution in [0.1, 0.15) is 12.8 Å². The highest BCUT2D eigenvalue weighted by Gasteiger charge is 2.22. The third-order valence-corrected chi connectivity index (χ3v) is 2.65. The predicted octanol–water partition coefficient (Wildman–Crippen LogP) is 0.0467. The van der Waals surface area contributed by atoms with E-state index >= 15 is 0 Å². The highest BCUT2D eigenvalue weighted by molar-refractivity contribution is 5.74. The van der Waals surface area contributed by atoms with Crippen LogP contribution in [0.25, 0.3) is 0 Å². The smallest absolute Gasteiger partial charge is 0.317 e. The first-order valence-electron chi connectivity index (χ1n) is 5.40. The van der Waals surface area contributed by atoms with Crippen molar-refractivity contribution >= 4 is 6.03 Å². The first kappa shape index (κ1) is 12.3. The van der Waals surface area contributed by atoms with Gasteiger partial charge in [-0.2, -0.15) is 0 Å². The van der Waals surface area contributed by atoms with Crippen LogP contribution >= 0.6 is 0 Å². The lowest BCUT2D eigenvalue weighted by Gasteiger charge is -2.31. The van der Waals surface area contributed by atoms with Crippen LogP contribution in [0.3, 0.4) is 0 Å². The summed E-state index contributed by atoms with van der Waals surface area (Å²) < 4.78 is 4.85. The standard InChI is InChI=1S/C10H20N2O3/c1-15-6-4-11-10(14)12-5-2-3-9(7-12)8-13/h9,13H,2-8H2,1H3,(H,11,14). The minimum Gasteiger partial charge on any atom is -0.396 e. The van der Waals surface area contributed by atoms with E-state index in [1.54, 1.807) is 12.0 Å². The molecule has 1 atom stereocenters. The molecule has 0 aromatic carbocycles. The maximum Gasteiger partial charge on any atom is 0.317 e. The molecule has 15 heavy (non-hydrogen) atoms. The van der Waals surface area contributed by atoms with Gasteiger partial charge in [0.25, 0.3) is 0 Å². The van der Waals surface area contributed by atoms with Gasteiger partial charge in [0.1, 0.15) is 0 Å². The molecule has 0 aliphatic carbocycles. The molecular weight excluding hydrogens is 196 g/mol. The number of urea groups is 1. The lowest BCUT2D eigenvalue weighted by atomic mass is 9.99. The molecule has 2 N–H and O–H groups in total. The largest absolute Gasteiger partial charge is 0.396 e. The number of nitrogens with one attached hydrogen (secondary N) is 1. The average molecular weight is 216 g/mol. The van der Waals surface area contributed by atoms with Crippen LogP contribution in [0.4, 0.5) is 4.79 Å². The van der Waals surface area contributed by atoms with E-state index < -0.39 is 0 Å². The molecule has 1 fully saturated rings. The van der Waals surface area contributed by atoms with Crippen LogP contribution in [0.15, 0.2) is 0 Å². The summed E-state index contributed by atoms with van der Waals surface area (Å²) in [4.78, 5) is 13.4. The maximum absolute atomic E-state index is 11.6. The molecular formula is C10H20N2O3. The number of rotatable bonds is 4. The highest BCUT2D eigenvalue weighted by Crippen LogP contribution is 2.15. The van der Waals surface area contributed by atoms with Gasteiger partial charge in [0.15, 0.2) is 0 Å². The SMILES string of the molecule is COCCNC(=O)N1CCCC(CO)C1. The molecule has 5 nitrogen and oxygen atoms in total. The molecule has 1 aliphatic heterocycles. The number of hydrogen-bond donors (Lipinski definition) is 2. The first-order valence-corrected chi connectivity index (χ1v) is 5.40. The molecule has 5 heteroatoms.